The van der Waals surface area contributed by atoms with Crippen LogP contribution < -0.4 is 5.32 Å². The maximum absolute atomic E-state index is 11.0. The molecule has 2 nitrogen and oxygen atoms in total. The predicted molar refractivity (Wildman–Crippen MR) is 45.2 cm³/mol. The Hall–Kier alpha value is -0.790. The number of rotatable bonds is 2. The van der Waals surface area contributed by atoms with Crippen LogP contribution in [0, 0.1) is 0 Å². The van der Waals surface area contributed by atoms with Crippen molar-refractivity contribution in [3.63, 3.8) is 0 Å². The highest BCUT2D eigenvalue weighted by molar-refractivity contribution is 5.89. The van der Waals surface area contributed by atoms with Gasteiger partial charge in [0.05, 0.1) is 0 Å². The molecule has 0 radical (unpaired) electrons. The first kappa shape index (κ1) is 8.31. The number of allylic oxidation sites excluding steroid dienone is 2. The molecule has 1 aliphatic rings. The molecule has 0 aliphatic carbocycles. The number of hydrogen-bond acceptors (Lipinski definition) is 2. The summed E-state index contributed by atoms with van der Waals surface area (Å²) in [6.45, 7) is 2.92. The van der Waals surface area contributed by atoms with Gasteiger partial charge >= 0.3 is 0 Å². The van der Waals surface area contributed by atoms with E-state index in [0.717, 1.165) is 18.7 Å². The fourth-order valence-corrected chi connectivity index (χ4v) is 1.20. The largest absolute Gasteiger partial charge is 0.388 e. The van der Waals surface area contributed by atoms with Crippen LogP contribution in [0.3, 0.4) is 0 Å². The highest BCUT2D eigenvalue weighted by atomic mass is 16.1. The zero-order valence-electron chi connectivity index (χ0n) is 7.02. The van der Waals surface area contributed by atoms with Gasteiger partial charge in [0, 0.05) is 18.7 Å². The molecule has 1 fully saturated rings. The first-order valence-electron chi connectivity index (χ1n) is 4.30. The Balaban J connectivity index is 2.43. The molecule has 0 atom stereocenters. The van der Waals surface area contributed by atoms with E-state index in [1.807, 2.05) is 6.92 Å². The third-order valence-electron chi connectivity index (χ3n) is 1.91. The second-order valence-corrected chi connectivity index (χ2v) is 2.87. The zero-order valence-corrected chi connectivity index (χ0v) is 7.02. The van der Waals surface area contributed by atoms with Gasteiger partial charge < -0.3 is 5.32 Å². The molecule has 0 saturated carbocycles. The fourth-order valence-electron chi connectivity index (χ4n) is 1.20. The second kappa shape index (κ2) is 4.16. The van der Waals surface area contributed by atoms with Crippen molar-refractivity contribution >= 4 is 5.78 Å². The van der Waals surface area contributed by atoms with Crippen molar-refractivity contribution in [2.24, 2.45) is 0 Å². The summed E-state index contributed by atoms with van der Waals surface area (Å²) >= 11 is 0. The van der Waals surface area contributed by atoms with E-state index < -0.39 is 0 Å². The minimum atomic E-state index is 0.231. The van der Waals surface area contributed by atoms with Gasteiger partial charge in [0.2, 0.25) is 0 Å². The molecule has 62 valence electrons. The van der Waals surface area contributed by atoms with Gasteiger partial charge in [0.25, 0.3) is 0 Å². The monoisotopic (exact) mass is 153 g/mol. The number of carbonyl (C=O) groups excluding carboxylic acids is 1. The van der Waals surface area contributed by atoms with Crippen molar-refractivity contribution in [1.29, 1.82) is 0 Å². The van der Waals surface area contributed by atoms with Gasteiger partial charge in [-0.05, 0) is 25.3 Å². The Bertz CT molecular complexity index is 164. The van der Waals surface area contributed by atoms with E-state index in [0.29, 0.717) is 6.42 Å². The SMILES string of the molecule is CCC(=O)C=C1CCCCN1. The minimum absolute atomic E-state index is 0.231. The van der Waals surface area contributed by atoms with Crippen LogP contribution >= 0.6 is 0 Å². The van der Waals surface area contributed by atoms with Gasteiger partial charge in [-0.1, -0.05) is 6.92 Å². The predicted octanol–water partition coefficient (Wildman–Crippen LogP) is 1.62. The van der Waals surface area contributed by atoms with E-state index in [2.05, 4.69) is 5.32 Å². The number of nitrogens with one attached hydrogen (secondary N) is 1. The maximum Gasteiger partial charge on any atom is 0.157 e. The Morgan fingerprint density at radius 1 is 1.64 bits per heavy atom. The lowest BCUT2D eigenvalue weighted by Crippen LogP contribution is -2.20. The van der Waals surface area contributed by atoms with Gasteiger partial charge in [-0.25, -0.2) is 0 Å². The molecule has 0 aromatic carbocycles. The fraction of sp³-hybridized carbons (Fsp3) is 0.667. The summed E-state index contributed by atoms with van der Waals surface area (Å²) in [7, 11) is 0. The van der Waals surface area contributed by atoms with Crippen LogP contribution in [0.25, 0.3) is 0 Å². The molecule has 1 saturated heterocycles. The smallest absolute Gasteiger partial charge is 0.157 e. The lowest BCUT2D eigenvalue weighted by molar-refractivity contribution is -0.114. The van der Waals surface area contributed by atoms with Crippen molar-refractivity contribution in [2.45, 2.75) is 32.6 Å². The van der Waals surface area contributed by atoms with Crippen LogP contribution in [0.15, 0.2) is 11.8 Å². The first-order chi connectivity index (χ1) is 5.33. The van der Waals surface area contributed by atoms with Crippen LogP contribution in [-0.4, -0.2) is 12.3 Å². The summed E-state index contributed by atoms with van der Waals surface area (Å²) in [4.78, 5) is 11.0. The number of ketones is 1. The van der Waals surface area contributed by atoms with E-state index >= 15 is 0 Å². The van der Waals surface area contributed by atoms with Crippen LogP contribution in [-0.2, 0) is 4.79 Å². The number of hydrogen-bond donors (Lipinski definition) is 1. The summed E-state index contributed by atoms with van der Waals surface area (Å²) < 4.78 is 0. The quantitative estimate of drug-likeness (QED) is 0.611. The molecular weight excluding hydrogens is 138 g/mol. The molecule has 0 aromatic rings. The lowest BCUT2D eigenvalue weighted by Gasteiger charge is -2.15. The highest BCUT2D eigenvalue weighted by Gasteiger charge is 2.04. The summed E-state index contributed by atoms with van der Waals surface area (Å²) in [5.74, 6) is 0.231. The first-order valence-corrected chi connectivity index (χ1v) is 4.30. The Morgan fingerprint density at radius 2 is 2.45 bits per heavy atom. The van der Waals surface area contributed by atoms with Crippen molar-refractivity contribution < 1.29 is 4.79 Å². The van der Waals surface area contributed by atoms with Gasteiger partial charge in [-0.15, -0.1) is 0 Å². The van der Waals surface area contributed by atoms with Crippen molar-refractivity contribution in [1.82, 2.24) is 5.32 Å². The Morgan fingerprint density at radius 3 is 3.00 bits per heavy atom. The molecule has 1 heterocycles. The number of piperidine rings is 1. The Kier molecular flexibility index (Phi) is 3.14. The van der Waals surface area contributed by atoms with Crippen molar-refractivity contribution in [3.05, 3.63) is 11.8 Å². The topological polar surface area (TPSA) is 29.1 Å². The van der Waals surface area contributed by atoms with Crippen LogP contribution in [0.5, 0.6) is 0 Å². The summed E-state index contributed by atoms with van der Waals surface area (Å²) in [5, 5.41) is 3.22. The van der Waals surface area contributed by atoms with E-state index in [1.165, 1.54) is 12.8 Å². The molecule has 11 heavy (non-hydrogen) atoms. The standard InChI is InChI=1S/C9H15NO/c1-2-9(11)7-8-5-3-4-6-10-8/h7,10H,2-6H2,1H3. The highest BCUT2D eigenvalue weighted by Crippen LogP contribution is 2.09. The van der Waals surface area contributed by atoms with Gasteiger partial charge in [-0.2, -0.15) is 0 Å². The van der Waals surface area contributed by atoms with Gasteiger partial charge in [0.15, 0.2) is 5.78 Å². The van der Waals surface area contributed by atoms with Gasteiger partial charge in [-0.3, -0.25) is 4.79 Å². The van der Waals surface area contributed by atoms with E-state index in [-0.39, 0.29) is 5.78 Å². The Labute approximate surface area is 67.7 Å². The summed E-state index contributed by atoms with van der Waals surface area (Å²) in [6, 6.07) is 0. The number of carbonyl (C=O) groups is 1. The molecular formula is C9H15NO. The van der Waals surface area contributed by atoms with Crippen LogP contribution in [0.2, 0.25) is 0 Å². The van der Waals surface area contributed by atoms with E-state index in [1.54, 1.807) is 6.08 Å². The molecule has 1 aliphatic heterocycles. The van der Waals surface area contributed by atoms with Gasteiger partial charge in [0.1, 0.15) is 0 Å². The maximum atomic E-state index is 11.0. The third kappa shape index (κ3) is 2.74. The van der Waals surface area contributed by atoms with E-state index in [9.17, 15) is 4.79 Å². The van der Waals surface area contributed by atoms with Crippen LogP contribution in [0.4, 0.5) is 0 Å². The molecule has 0 aromatic heterocycles. The molecule has 1 rings (SSSR count). The zero-order chi connectivity index (χ0) is 8.10. The van der Waals surface area contributed by atoms with E-state index in [4.69, 9.17) is 0 Å². The lowest BCUT2D eigenvalue weighted by atomic mass is 10.1. The molecule has 0 spiro atoms. The third-order valence-corrected chi connectivity index (χ3v) is 1.91. The minimum Gasteiger partial charge on any atom is -0.388 e. The van der Waals surface area contributed by atoms with Crippen molar-refractivity contribution in [2.75, 3.05) is 6.54 Å². The summed E-state index contributed by atoms with van der Waals surface area (Å²) in [6.07, 6.45) is 5.86. The van der Waals surface area contributed by atoms with Crippen LogP contribution in [0.1, 0.15) is 32.6 Å². The molecule has 0 bridgehead atoms. The molecule has 1 N–H and O–H groups in total. The normalized spacial score (nSPS) is 21.4. The molecule has 0 amide bonds. The molecule has 0 unspecified atom stereocenters. The second-order valence-electron chi connectivity index (χ2n) is 2.87. The average Bonchev–Trinajstić information content (AvgIpc) is 2.06. The molecule has 2 heteroatoms. The van der Waals surface area contributed by atoms with Crippen molar-refractivity contribution in [3.8, 4) is 0 Å². The summed E-state index contributed by atoms with van der Waals surface area (Å²) in [5.41, 5.74) is 1.13. The average molecular weight is 153 g/mol.